The molecule has 0 aromatic rings. The van der Waals surface area contributed by atoms with Crippen LogP contribution >= 0.6 is 0 Å². The van der Waals surface area contributed by atoms with Crippen LogP contribution in [0.2, 0.25) is 0 Å². The van der Waals surface area contributed by atoms with E-state index in [9.17, 15) is 4.79 Å². The van der Waals surface area contributed by atoms with Gasteiger partial charge in [0.15, 0.2) is 5.78 Å². The maximum absolute atomic E-state index is 12.0. The molecule has 4 rings (SSSR count). The first-order chi connectivity index (χ1) is 13.3. The van der Waals surface area contributed by atoms with Crippen molar-refractivity contribution in [1.29, 1.82) is 0 Å². The summed E-state index contributed by atoms with van der Waals surface area (Å²) in [6, 6.07) is 0. The molecule has 1 fully saturated rings. The molecule has 1 nitrogen and oxygen atoms in total. The standard InChI is InChI=1S/C27H38O/c1-18(2)7-6-8-19(3)23-11-12-24-22-10-9-20-17-21(28)13-15-26(20,4)25(22)14-16-27(23,24)5/h6,8-10,17-19,23,25H,7,11-16H2,1-5H3/b8-6+/t19-,23+,25-,26-,27+/m0/s1. The molecule has 1 saturated carbocycles. The smallest absolute Gasteiger partial charge is 0.156 e. The molecule has 0 bridgehead atoms. The molecule has 0 spiro atoms. The van der Waals surface area contributed by atoms with Gasteiger partial charge in [0.2, 0.25) is 0 Å². The molecule has 0 aromatic heterocycles. The van der Waals surface area contributed by atoms with Gasteiger partial charge in [-0.25, -0.2) is 0 Å². The van der Waals surface area contributed by atoms with E-state index in [0.29, 0.717) is 23.0 Å². The third kappa shape index (κ3) is 3.10. The van der Waals surface area contributed by atoms with E-state index in [1.807, 2.05) is 6.08 Å². The second kappa shape index (κ2) is 7.15. The van der Waals surface area contributed by atoms with Crippen molar-refractivity contribution < 1.29 is 4.79 Å². The highest BCUT2D eigenvalue weighted by Gasteiger charge is 2.53. The minimum atomic E-state index is 0.174. The first-order valence-electron chi connectivity index (χ1n) is 11.6. The van der Waals surface area contributed by atoms with E-state index < -0.39 is 0 Å². The van der Waals surface area contributed by atoms with Crippen molar-refractivity contribution in [3.05, 3.63) is 47.1 Å². The quantitative estimate of drug-likeness (QED) is 0.472. The highest BCUT2D eigenvalue weighted by atomic mass is 16.1. The molecule has 0 N–H and O–H groups in total. The van der Waals surface area contributed by atoms with Crippen LogP contribution in [0.3, 0.4) is 0 Å². The summed E-state index contributed by atoms with van der Waals surface area (Å²) in [7, 11) is 0. The summed E-state index contributed by atoms with van der Waals surface area (Å²) in [5.41, 5.74) is 5.23. The molecule has 0 unspecified atom stereocenters. The van der Waals surface area contributed by atoms with Crippen LogP contribution in [-0.2, 0) is 4.79 Å². The van der Waals surface area contributed by atoms with Crippen molar-refractivity contribution in [3.8, 4) is 0 Å². The normalized spacial score (nSPS) is 38.5. The Morgan fingerprint density at radius 1 is 1.07 bits per heavy atom. The fourth-order valence-corrected chi connectivity index (χ4v) is 6.90. The van der Waals surface area contributed by atoms with Crippen LogP contribution in [0.25, 0.3) is 0 Å². The zero-order valence-corrected chi connectivity index (χ0v) is 18.6. The van der Waals surface area contributed by atoms with Crippen LogP contribution in [0.1, 0.15) is 79.6 Å². The number of carbonyl (C=O) groups is 1. The monoisotopic (exact) mass is 378 g/mol. The summed E-state index contributed by atoms with van der Waals surface area (Å²) >= 11 is 0. The molecular formula is C27H38O. The number of ketones is 1. The Morgan fingerprint density at radius 3 is 2.61 bits per heavy atom. The predicted octanol–water partition coefficient (Wildman–Crippen LogP) is 7.21. The molecule has 0 heterocycles. The van der Waals surface area contributed by atoms with Gasteiger partial charge in [-0.2, -0.15) is 0 Å². The molecule has 0 saturated heterocycles. The first-order valence-corrected chi connectivity index (χ1v) is 11.6. The van der Waals surface area contributed by atoms with Gasteiger partial charge in [-0.15, -0.1) is 0 Å². The van der Waals surface area contributed by atoms with E-state index in [0.717, 1.165) is 24.7 Å². The fraction of sp³-hybridized carbons (Fsp3) is 0.667. The minimum Gasteiger partial charge on any atom is -0.295 e. The third-order valence-electron chi connectivity index (χ3n) is 8.65. The molecule has 4 aliphatic carbocycles. The summed E-state index contributed by atoms with van der Waals surface area (Å²) < 4.78 is 0. The van der Waals surface area contributed by atoms with Crippen LogP contribution in [0, 0.1) is 34.5 Å². The van der Waals surface area contributed by atoms with Gasteiger partial charge in [0.05, 0.1) is 0 Å². The molecule has 1 heteroatoms. The number of carbonyl (C=O) groups excluding carboxylic acids is 1. The maximum atomic E-state index is 12.0. The van der Waals surface area contributed by atoms with Crippen molar-refractivity contribution in [2.75, 3.05) is 0 Å². The number of rotatable bonds is 4. The van der Waals surface area contributed by atoms with Crippen molar-refractivity contribution in [1.82, 2.24) is 0 Å². The van der Waals surface area contributed by atoms with Crippen molar-refractivity contribution in [2.45, 2.75) is 79.6 Å². The number of fused-ring (bicyclic) bond motifs is 4. The first kappa shape index (κ1) is 19.9. The zero-order chi connectivity index (χ0) is 20.1. The van der Waals surface area contributed by atoms with Gasteiger partial charge in [-0.1, -0.05) is 64.5 Å². The Hall–Kier alpha value is -1.37. The second-order valence-corrected chi connectivity index (χ2v) is 10.8. The molecule has 152 valence electrons. The van der Waals surface area contributed by atoms with E-state index in [2.05, 4.69) is 58.9 Å². The SMILES string of the molecule is CC(C)C/C=C/[C@H](C)[C@H]1CCC2=C3C=CC4=CC(=O)CC[C@]4(C)[C@H]3CC[C@@]21C. The lowest BCUT2D eigenvalue weighted by molar-refractivity contribution is -0.116. The molecule has 0 aliphatic heterocycles. The second-order valence-electron chi connectivity index (χ2n) is 10.8. The van der Waals surface area contributed by atoms with Crippen LogP contribution in [-0.4, -0.2) is 5.78 Å². The van der Waals surface area contributed by atoms with E-state index in [-0.39, 0.29) is 5.41 Å². The van der Waals surface area contributed by atoms with Crippen LogP contribution < -0.4 is 0 Å². The van der Waals surface area contributed by atoms with Gasteiger partial charge in [0.1, 0.15) is 0 Å². The third-order valence-corrected chi connectivity index (χ3v) is 8.65. The molecule has 0 aromatic carbocycles. The molecule has 0 radical (unpaired) electrons. The summed E-state index contributed by atoms with van der Waals surface area (Å²) in [4.78, 5) is 12.0. The topological polar surface area (TPSA) is 17.1 Å². The van der Waals surface area contributed by atoms with Gasteiger partial charge < -0.3 is 0 Å². The molecule has 28 heavy (non-hydrogen) atoms. The molecule has 5 atom stereocenters. The Bertz CT molecular complexity index is 776. The molecule has 0 amide bonds. The van der Waals surface area contributed by atoms with E-state index >= 15 is 0 Å². The minimum absolute atomic E-state index is 0.174. The van der Waals surface area contributed by atoms with Gasteiger partial charge in [0, 0.05) is 6.42 Å². The van der Waals surface area contributed by atoms with Crippen molar-refractivity contribution in [2.24, 2.45) is 34.5 Å². The van der Waals surface area contributed by atoms with Crippen LogP contribution in [0.15, 0.2) is 47.1 Å². The van der Waals surface area contributed by atoms with Gasteiger partial charge >= 0.3 is 0 Å². The lowest BCUT2D eigenvalue weighted by atomic mass is 9.53. The Morgan fingerprint density at radius 2 is 1.86 bits per heavy atom. The predicted molar refractivity (Wildman–Crippen MR) is 118 cm³/mol. The maximum Gasteiger partial charge on any atom is 0.156 e. The summed E-state index contributed by atoms with van der Waals surface area (Å²) in [6.45, 7) is 12.0. The van der Waals surface area contributed by atoms with E-state index in [4.69, 9.17) is 0 Å². The average molecular weight is 379 g/mol. The van der Waals surface area contributed by atoms with Crippen LogP contribution in [0.4, 0.5) is 0 Å². The summed E-state index contributed by atoms with van der Waals surface area (Å²) in [6.07, 6.45) is 19.7. The number of allylic oxidation sites excluding steroid dienone is 8. The Balaban J connectivity index is 1.65. The Labute approximate surface area is 172 Å². The van der Waals surface area contributed by atoms with E-state index in [1.54, 1.807) is 11.1 Å². The van der Waals surface area contributed by atoms with Crippen molar-refractivity contribution in [3.63, 3.8) is 0 Å². The average Bonchev–Trinajstić information content (AvgIpc) is 2.99. The highest BCUT2D eigenvalue weighted by Crippen LogP contribution is 2.63. The lowest BCUT2D eigenvalue weighted by Crippen LogP contribution is -2.41. The fourth-order valence-electron chi connectivity index (χ4n) is 6.90. The zero-order valence-electron chi connectivity index (χ0n) is 18.6. The van der Waals surface area contributed by atoms with Gasteiger partial charge in [-0.05, 0) is 90.2 Å². The van der Waals surface area contributed by atoms with Crippen molar-refractivity contribution >= 4 is 5.78 Å². The summed E-state index contributed by atoms with van der Waals surface area (Å²) in [5, 5.41) is 0. The van der Waals surface area contributed by atoms with Crippen LogP contribution in [0.5, 0.6) is 0 Å². The van der Waals surface area contributed by atoms with Gasteiger partial charge in [-0.3, -0.25) is 4.79 Å². The highest BCUT2D eigenvalue weighted by molar-refractivity contribution is 5.92. The number of hydrogen-bond acceptors (Lipinski definition) is 1. The summed E-state index contributed by atoms with van der Waals surface area (Å²) in [5.74, 6) is 3.10. The Kier molecular flexibility index (Phi) is 5.09. The largest absolute Gasteiger partial charge is 0.295 e. The molecule has 4 aliphatic rings. The molecular weight excluding hydrogens is 340 g/mol. The van der Waals surface area contributed by atoms with E-state index in [1.165, 1.54) is 37.7 Å². The lowest BCUT2D eigenvalue weighted by Gasteiger charge is -2.51. The number of hydrogen-bond donors (Lipinski definition) is 0. The van der Waals surface area contributed by atoms with Gasteiger partial charge in [0.25, 0.3) is 0 Å².